The molecule has 3 N–H and O–H groups in total. The van der Waals surface area contributed by atoms with E-state index in [1.807, 2.05) is 37.3 Å². The van der Waals surface area contributed by atoms with E-state index in [4.69, 9.17) is 10.6 Å². The highest BCUT2D eigenvalue weighted by atomic mass is 16.5. The van der Waals surface area contributed by atoms with Crippen LogP contribution in [0.3, 0.4) is 0 Å². The van der Waals surface area contributed by atoms with Crippen LogP contribution in [-0.4, -0.2) is 9.97 Å². The zero-order valence-corrected chi connectivity index (χ0v) is 12.1. The number of benzene rings is 1. The zero-order valence-electron chi connectivity index (χ0n) is 12.1. The summed E-state index contributed by atoms with van der Waals surface area (Å²) < 4.78 is 5.65. The summed E-state index contributed by atoms with van der Waals surface area (Å²) in [4.78, 5) is 8.90. The van der Waals surface area contributed by atoms with E-state index in [0.717, 1.165) is 17.0 Å². The van der Waals surface area contributed by atoms with Gasteiger partial charge in [-0.2, -0.15) is 0 Å². The quantitative estimate of drug-likeness (QED) is 0.646. The average molecular weight is 272 g/mol. The molecule has 0 aliphatic carbocycles. The van der Waals surface area contributed by atoms with Crippen molar-refractivity contribution in [3.8, 4) is 5.75 Å². The highest BCUT2D eigenvalue weighted by Crippen LogP contribution is 2.24. The van der Waals surface area contributed by atoms with Crippen LogP contribution in [0.2, 0.25) is 0 Å². The molecule has 0 atom stereocenters. The van der Waals surface area contributed by atoms with Gasteiger partial charge < -0.3 is 10.2 Å². The van der Waals surface area contributed by atoms with Crippen molar-refractivity contribution in [1.29, 1.82) is 0 Å². The lowest BCUT2D eigenvalue weighted by Gasteiger charge is -2.15. The molecule has 0 aliphatic rings. The van der Waals surface area contributed by atoms with Gasteiger partial charge in [0.15, 0.2) is 5.82 Å². The molecular formula is C15H20N4O. The van der Waals surface area contributed by atoms with E-state index in [9.17, 15) is 0 Å². The van der Waals surface area contributed by atoms with Crippen molar-refractivity contribution in [2.45, 2.75) is 33.3 Å². The second kappa shape index (κ2) is 6.34. The maximum Gasteiger partial charge on any atom is 0.168 e. The van der Waals surface area contributed by atoms with E-state index in [1.165, 1.54) is 0 Å². The van der Waals surface area contributed by atoms with Crippen molar-refractivity contribution in [3.63, 3.8) is 0 Å². The fourth-order valence-corrected chi connectivity index (χ4v) is 2.17. The minimum atomic E-state index is 0.310. The summed E-state index contributed by atoms with van der Waals surface area (Å²) in [7, 11) is 0. The molecule has 20 heavy (non-hydrogen) atoms. The summed E-state index contributed by atoms with van der Waals surface area (Å²) in [5.41, 5.74) is 4.61. The van der Waals surface area contributed by atoms with E-state index < -0.39 is 0 Å². The summed E-state index contributed by atoms with van der Waals surface area (Å²) in [5.74, 6) is 7.94. The first kappa shape index (κ1) is 14.3. The van der Waals surface area contributed by atoms with Crippen molar-refractivity contribution in [3.05, 3.63) is 47.4 Å². The van der Waals surface area contributed by atoms with Gasteiger partial charge in [0, 0.05) is 11.3 Å². The van der Waals surface area contributed by atoms with E-state index >= 15 is 0 Å². The van der Waals surface area contributed by atoms with Crippen molar-refractivity contribution in [2.24, 2.45) is 5.84 Å². The van der Waals surface area contributed by atoms with Gasteiger partial charge in [0.2, 0.25) is 0 Å². The van der Waals surface area contributed by atoms with E-state index in [-0.39, 0.29) is 0 Å². The molecule has 0 saturated carbocycles. The monoisotopic (exact) mass is 272 g/mol. The Morgan fingerprint density at radius 1 is 1.20 bits per heavy atom. The second-order valence-electron chi connectivity index (χ2n) is 4.89. The molecule has 0 radical (unpaired) electrons. The minimum Gasteiger partial charge on any atom is -0.486 e. The SMILES string of the molecule is Cc1nc(COc2ccccc2)nc(NN)c1C(C)C. The van der Waals surface area contributed by atoms with Crippen molar-refractivity contribution in [1.82, 2.24) is 9.97 Å². The van der Waals surface area contributed by atoms with Crippen LogP contribution in [0.1, 0.15) is 36.8 Å². The lowest BCUT2D eigenvalue weighted by molar-refractivity contribution is 0.295. The molecule has 106 valence electrons. The number of anilines is 1. The lowest BCUT2D eigenvalue weighted by atomic mass is 10.0. The predicted molar refractivity (Wildman–Crippen MR) is 79.4 cm³/mol. The Morgan fingerprint density at radius 2 is 1.90 bits per heavy atom. The molecule has 0 amide bonds. The topological polar surface area (TPSA) is 73.1 Å². The molecule has 1 heterocycles. The van der Waals surface area contributed by atoms with Gasteiger partial charge in [-0.1, -0.05) is 32.0 Å². The first-order chi connectivity index (χ1) is 9.61. The van der Waals surface area contributed by atoms with Crippen LogP contribution in [0, 0.1) is 6.92 Å². The average Bonchev–Trinajstić information content (AvgIpc) is 2.45. The molecule has 2 rings (SSSR count). The molecule has 0 bridgehead atoms. The Labute approximate surface area is 119 Å². The molecule has 1 aromatic heterocycles. The highest BCUT2D eigenvalue weighted by Gasteiger charge is 2.14. The number of aryl methyl sites for hydroxylation is 1. The Kier molecular flexibility index (Phi) is 4.53. The third-order valence-electron chi connectivity index (χ3n) is 3.01. The molecule has 0 saturated heterocycles. The number of rotatable bonds is 5. The molecule has 0 spiro atoms. The number of para-hydroxylation sites is 1. The summed E-state index contributed by atoms with van der Waals surface area (Å²) in [6.07, 6.45) is 0. The number of nitrogens with two attached hydrogens (primary N) is 1. The molecule has 0 fully saturated rings. The van der Waals surface area contributed by atoms with Crippen molar-refractivity contribution >= 4 is 5.82 Å². The van der Waals surface area contributed by atoms with Gasteiger partial charge in [-0.3, -0.25) is 0 Å². The molecule has 0 aliphatic heterocycles. The highest BCUT2D eigenvalue weighted by molar-refractivity contribution is 5.47. The van der Waals surface area contributed by atoms with E-state index in [0.29, 0.717) is 24.2 Å². The molecule has 0 unspecified atom stereocenters. The minimum absolute atomic E-state index is 0.310. The fourth-order valence-electron chi connectivity index (χ4n) is 2.17. The smallest absolute Gasteiger partial charge is 0.168 e. The van der Waals surface area contributed by atoms with Crippen LogP contribution in [0.4, 0.5) is 5.82 Å². The summed E-state index contributed by atoms with van der Waals surface area (Å²) >= 11 is 0. The number of hydrazine groups is 1. The summed E-state index contributed by atoms with van der Waals surface area (Å²) in [6.45, 7) is 6.46. The molecule has 1 aromatic carbocycles. The van der Waals surface area contributed by atoms with Crippen LogP contribution >= 0.6 is 0 Å². The van der Waals surface area contributed by atoms with Gasteiger partial charge in [-0.15, -0.1) is 0 Å². The maximum absolute atomic E-state index is 5.65. The molecule has 5 nitrogen and oxygen atoms in total. The van der Waals surface area contributed by atoms with Crippen LogP contribution in [0.25, 0.3) is 0 Å². The number of ether oxygens (including phenoxy) is 1. The summed E-state index contributed by atoms with van der Waals surface area (Å²) in [6, 6.07) is 9.60. The Morgan fingerprint density at radius 3 is 2.50 bits per heavy atom. The first-order valence-electron chi connectivity index (χ1n) is 6.63. The van der Waals surface area contributed by atoms with Gasteiger partial charge in [-0.25, -0.2) is 15.8 Å². The zero-order chi connectivity index (χ0) is 14.5. The van der Waals surface area contributed by atoms with Crippen molar-refractivity contribution in [2.75, 3.05) is 5.43 Å². The Bertz CT molecular complexity index is 570. The fraction of sp³-hybridized carbons (Fsp3) is 0.333. The van der Waals surface area contributed by atoms with Crippen LogP contribution in [-0.2, 0) is 6.61 Å². The molecule has 2 aromatic rings. The number of hydrogen-bond acceptors (Lipinski definition) is 5. The third kappa shape index (κ3) is 3.24. The first-order valence-corrected chi connectivity index (χ1v) is 6.63. The van der Waals surface area contributed by atoms with Gasteiger partial charge in [-0.05, 0) is 25.0 Å². The van der Waals surface area contributed by atoms with E-state index in [1.54, 1.807) is 0 Å². The number of aromatic nitrogens is 2. The second-order valence-corrected chi connectivity index (χ2v) is 4.89. The number of nitrogen functional groups attached to an aromatic ring is 1. The van der Waals surface area contributed by atoms with Gasteiger partial charge in [0.05, 0.1) is 0 Å². The predicted octanol–water partition coefficient (Wildman–Crippen LogP) is 2.77. The van der Waals surface area contributed by atoms with Gasteiger partial charge >= 0.3 is 0 Å². The number of nitrogens with one attached hydrogen (secondary N) is 1. The van der Waals surface area contributed by atoms with Gasteiger partial charge in [0.25, 0.3) is 0 Å². The van der Waals surface area contributed by atoms with Crippen LogP contribution < -0.4 is 16.0 Å². The lowest BCUT2D eigenvalue weighted by Crippen LogP contribution is -2.16. The number of hydrogen-bond donors (Lipinski definition) is 2. The molecule has 5 heteroatoms. The third-order valence-corrected chi connectivity index (χ3v) is 3.01. The van der Waals surface area contributed by atoms with Crippen LogP contribution in [0.15, 0.2) is 30.3 Å². The Balaban J connectivity index is 2.19. The van der Waals surface area contributed by atoms with Crippen LogP contribution in [0.5, 0.6) is 5.75 Å². The maximum atomic E-state index is 5.65. The van der Waals surface area contributed by atoms with Gasteiger partial charge in [0.1, 0.15) is 18.2 Å². The summed E-state index contributed by atoms with van der Waals surface area (Å²) in [5, 5.41) is 0. The van der Waals surface area contributed by atoms with Crippen molar-refractivity contribution < 1.29 is 4.74 Å². The van der Waals surface area contributed by atoms with E-state index in [2.05, 4.69) is 29.2 Å². The Hall–Kier alpha value is -2.14. The molecular weight excluding hydrogens is 252 g/mol. The largest absolute Gasteiger partial charge is 0.486 e. The normalized spacial score (nSPS) is 10.7. The number of nitrogens with zero attached hydrogens (tertiary/aromatic N) is 2. The standard InChI is InChI=1S/C15H20N4O/c1-10(2)14-11(3)17-13(18-15(14)19-16)9-20-12-7-5-4-6-8-12/h4-8,10H,9,16H2,1-3H3,(H,17,18,19).